The minimum absolute atomic E-state index is 0.236. The molecule has 0 radical (unpaired) electrons. The Morgan fingerprint density at radius 3 is 0.825 bits per heavy atom. The first-order valence-electron chi connectivity index (χ1n) is 20.2. The number of methoxy groups -OCH3 is 3. The van der Waals surface area contributed by atoms with Crippen molar-refractivity contribution in [3.8, 4) is 34.5 Å². The van der Waals surface area contributed by atoms with Gasteiger partial charge in [0.05, 0.1) is 59.6 Å². The van der Waals surface area contributed by atoms with E-state index in [9.17, 15) is 13.7 Å². The van der Waals surface area contributed by atoms with Crippen LogP contribution in [-0.4, -0.2) is 59.6 Å². The summed E-state index contributed by atoms with van der Waals surface area (Å²) in [5.41, 5.74) is 5.42. The number of hydrogen-bond donors (Lipinski definition) is 0. The van der Waals surface area contributed by atoms with Crippen molar-refractivity contribution in [2.45, 2.75) is 99.3 Å². The molecule has 57 heavy (non-hydrogen) atoms. The van der Waals surface area contributed by atoms with E-state index < -0.39 is 22.8 Å². The van der Waals surface area contributed by atoms with Gasteiger partial charge in [0.2, 0.25) is 0 Å². The first-order valence-corrected chi connectivity index (χ1v) is 25.4. The van der Waals surface area contributed by atoms with Crippen molar-refractivity contribution >= 4 is 22.8 Å². The van der Waals surface area contributed by atoms with E-state index in [2.05, 4.69) is 0 Å². The number of benzene rings is 3. The lowest BCUT2D eigenvalue weighted by molar-refractivity contribution is 0.273. The first kappa shape index (κ1) is 46.7. The number of ether oxygens (including phenoxy) is 3. The topological polar surface area (TPSA) is 134 Å². The molecule has 3 atom stereocenters. The van der Waals surface area contributed by atoms with E-state index in [1.165, 1.54) is 0 Å². The average Bonchev–Trinajstić information content (AvgIpc) is 3.23. The van der Waals surface area contributed by atoms with Crippen molar-refractivity contribution in [1.29, 1.82) is 0 Å². The third-order valence-corrected chi connectivity index (χ3v) is 15.6. The Kier molecular flexibility index (Phi) is 17.9. The molecule has 0 bridgehead atoms. The van der Waals surface area contributed by atoms with E-state index in [1.807, 2.05) is 57.2 Å². The van der Waals surface area contributed by atoms with Crippen LogP contribution in [0.25, 0.3) is 0 Å². The van der Waals surface area contributed by atoms with Crippen LogP contribution in [0.15, 0.2) is 36.4 Å². The molecule has 0 saturated carbocycles. The van der Waals surface area contributed by atoms with Gasteiger partial charge >= 0.3 is 22.8 Å². The maximum absolute atomic E-state index is 14.0. The monoisotopic (exact) mass is 852 g/mol. The summed E-state index contributed by atoms with van der Waals surface area (Å²) in [6.45, 7) is 12.2. The van der Waals surface area contributed by atoms with E-state index in [1.54, 1.807) is 42.1 Å². The second-order valence-corrected chi connectivity index (χ2v) is 20.3. The zero-order chi connectivity index (χ0) is 41.6. The van der Waals surface area contributed by atoms with Crippen LogP contribution in [0.1, 0.15) is 113 Å². The molecule has 3 aromatic rings. The number of hydrogen-bond acceptors (Lipinski definition) is 12. The zero-order valence-electron chi connectivity index (χ0n) is 35.3. The highest BCUT2D eigenvalue weighted by Gasteiger charge is 2.32. The quantitative estimate of drug-likeness (QED) is 0.0621. The van der Waals surface area contributed by atoms with Crippen LogP contribution in [-0.2, 0) is 46.5 Å². The van der Waals surface area contributed by atoms with Crippen molar-refractivity contribution in [1.82, 2.24) is 0 Å². The molecule has 3 aromatic carbocycles. The standard InChI is InChI=1S/C42H63O12P3/c1-10-16-19-55(43,49-13-4)52-40-28-34-22-32-26-38(47-8)42(54-57(45,51-15-6)21-18-12-3)30-36(32)24-33-27-39(48-9)41(53-56(44,50-14-5)20-17-11-2)29-35(33)23-31(34)25-37(40)46-7/h25-30H,10-24H2,1-9H3. The molecule has 0 N–H and O–H groups in total. The highest BCUT2D eigenvalue weighted by atomic mass is 31.2. The number of fused-ring (bicyclic) bond motifs is 3. The SMILES string of the molecule is CCCCP(=O)(OCC)Oc1cc2c(cc1OC)Cc1cc(OP(=O)(CCCC)OCC)c(OC)cc1Cc1cc(OP(=O)(CCCC)OCC)c(OC)cc1C2. The number of rotatable bonds is 24. The summed E-state index contributed by atoms with van der Waals surface area (Å²) in [4.78, 5) is 0. The van der Waals surface area contributed by atoms with Gasteiger partial charge in [-0.3, -0.25) is 0 Å². The molecule has 3 unspecified atom stereocenters. The van der Waals surface area contributed by atoms with Crippen LogP contribution >= 0.6 is 22.8 Å². The summed E-state index contributed by atoms with van der Waals surface area (Å²) in [6, 6.07) is 11.4. The average molecular weight is 853 g/mol. The molecule has 0 spiro atoms. The minimum Gasteiger partial charge on any atom is -0.493 e. The smallest absolute Gasteiger partial charge is 0.379 e. The van der Waals surface area contributed by atoms with Gasteiger partial charge in [-0.15, -0.1) is 0 Å². The fourth-order valence-electron chi connectivity index (χ4n) is 6.73. The molecule has 4 rings (SSSR count). The second-order valence-electron chi connectivity index (χ2n) is 13.9. The van der Waals surface area contributed by atoms with Crippen molar-refractivity contribution in [3.05, 3.63) is 69.8 Å². The Labute approximate surface area is 340 Å². The van der Waals surface area contributed by atoms with Gasteiger partial charge in [-0.1, -0.05) is 40.0 Å². The maximum Gasteiger partial charge on any atom is 0.379 e. The van der Waals surface area contributed by atoms with Crippen LogP contribution in [0.4, 0.5) is 0 Å². The van der Waals surface area contributed by atoms with Gasteiger partial charge < -0.3 is 41.4 Å². The van der Waals surface area contributed by atoms with Gasteiger partial charge in [-0.05, 0) is 129 Å². The Bertz CT molecular complexity index is 1710. The fourth-order valence-corrected chi connectivity index (χ4v) is 12.2. The Morgan fingerprint density at radius 2 is 0.632 bits per heavy atom. The molecule has 1 aliphatic rings. The van der Waals surface area contributed by atoms with E-state index in [-0.39, 0.29) is 38.3 Å². The third kappa shape index (κ3) is 12.5. The van der Waals surface area contributed by atoms with Crippen LogP contribution in [0, 0.1) is 0 Å². The molecule has 0 heterocycles. The molecule has 0 fully saturated rings. The minimum atomic E-state index is -3.51. The predicted octanol–water partition coefficient (Wildman–Crippen LogP) is 12.0. The fraction of sp³-hybridized carbons (Fsp3) is 0.571. The van der Waals surface area contributed by atoms with E-state index in [4.69, 9.17) is 41.4 Å². The van der Waals surface area contributed by atoms with E-state index in [0.29, 0.717) is 73.0 Å². The summed E-state index contributed by atoms with van der Waals surface area (Å²) in [5.74, 6) is 2.19. The van der Waals surface area contributed by atoms with Crippen LogP contribution in [0.2, 0.25) is 0 Å². The van der Waals surface area contributed by atoms with Gasteiger partial charge in [0, 0.05) is 0 Å². The molecule has 12 nitrogen and oxygen atoms in total. The molecule has 318 valence electrons. The first-order chi connectivity index (χ1) is 27.3. The molecule has 0 saturated heterocycles. The molecular formula is C42H63O12P3. The summed E-state index contributed by atoms with van der Waals surface area (Å²) in [7, 11) is -5.87. The van der Waals surface area contributed by atoms with Gasteiger partial charge in [-0.2, -0.15) is 0 Å². The lowest BCUT2D eigenvalue weighted by Gasteiger charge is -2.23. The van der Waals surface area contributed by atoms with Crippen molar-refractivity contribution in [2.75, 3.05) is 59.6 Å². The molecule has 1 aliphatic carbocycles. The molecule has 0 aliphatic heterocycles. The van der Waals surface area contributed by atoms with Gasteiger partial charge in [0.25, 0.3) is 0 Å². The van der Waals surface area contributed by atoms with Crippen molar-refractivity contribution < 1.29 is 55.0 Å². The third-order valence-electron chi connectivity index (χ3n) is 9.65. The van der Waals surface area contributed by atoms with Crippen LogP contribution in [0.5, 0.6) is 34.5 Å². The maximum atomic E-state index is 14.0. The molecule has 0 amide bonds. The highest BCUT2D eigenvalue weighted by Crippen LogP contribution is 2.55. The van der Waals surface area contributed by atoms with Crippen LogP contribution in [0.3, 0.4) is 0 Å². The van der Waals surface area contributed by atoms with Gasteiger partial charge in [-0.25, -0.2) is 13.7 Å². The summed E-state index contributed by atoms with van der Waals surface area (Å²) >= 11 is 0. The van der Waals surface area contributed by atoms with Crippen molar-refractivity contribution in [3.63, 3.8) is 0 Å². The lowest BCUT2D eigenvalue weighted by Crippen LogP contribution is -2.07. The zero-order valence-corrected chi connectivity index (χ0v) is 38.0. The number of unbranched alkanes of at least 4 members (excludes halogenated alkanes) is 3. The van der Waals surface area contributed by atoms with Gasteiger partial charge in [0.15, 0.2) is 34.5 Å². The molecule has 15 heteroatoms. The predicted molar refractivity (Wildman–Crippen MR) is 226 cm³/mol. The largest absolute Gasteiger partial charge is 0.493 e. The summed E-state index contributed by atoms with van der Waals surface area (Å²) in [6.07, 6.45) is 6.63. The second kappa shape index (κ2) is 21.9. The Hall–Kier alpha value is -2.97. The summed E-state index contributed by atoms with van der Waals surface area (Å²) in [5, 5.41) is 0. The van der Waals surface area contributed by atoms with Gasteiger partial charge in [0.1, 0.15) is 0 Å². The Morgan fingerprint density at radius 1 is 0.404 bits per heavy atom. The van der Waals surface area contributed by atoms with E-state index in [0.717, 1.165) is 52.6 Å². The summed E-state index contributed by atoms with van der Waals surface area (Å²) < 4.78 is 95.5. The molecular weight excluding hydrogens is 789 g/mol. The lowest BCUT2D eigenvalue weighted by atomic mass is 9.94. The Balaban J connectivity index is 1.98. The normalized spacial score (nSPS) is 15.5. The van der Waals surface area contributed by atoms with E-state index >= 15 is 0 Å². The molecule has 0 aromatic heterocycles. The van der Waals surface area contributed by atoms with Crippen LogP contribution < -0.4 is 27.8 Å². The van der Waals surface area contributed by atoms with Crippen molar-refractivity contribution in [2.24, 2.45) is 0 Å². The highest BCUT2D eigenvalue weighted by molar-refractivity contribution is 7.54.